The van der Waals surface area contributed by atoms with Crippen molar-refractivity contribution in [1.29, 1.82) is 0 Å². The Hall–Kier alpha value is -0.0800. The number of ether oxygens (including phenoxy) is 1. The van der Waals surface area contributed by atoms with E-state index in [4.69, 9.17) is 4.74 Å². The second kappa shape index (κ2) is 5.56. The predicted molar refractivity (Wildman–Crippen MR) is 48.9 cm³/mol. The van der Waals surface area contributed by atoms with Crippen LogP contribution in [-0.2, 0) is 4.74 Å². The van der Waals surface area contributed by atoms with Crippen LogP contribution in [0.3, 0.4) is 0 Å². The van der Waals surface area contributed by atoms with E-state index in [0.29, 0.717) is 0 Å². The highest BCUT2D eigenvalue weighted by atomic mass is 16.5. The minimum atomic E-state index is 0. The first kappa shape index (κ1) is 9.01. The molecule has 1 aliphatic carbocycles. The van der Waals surface area contributed by atoms with Crippen molar-refractivity contribution in [3.8, 4) is 0 Å². The van der Waals surface area contributed by atoms with Crippen LogP contribution >= 0.6 is 0 Å². The average Bonchev–Trinajstić information content (AvgIpc) is 1.93. The summed E-state index contributed by atoms with van der Waals surface area (Å²) in [4.78, 5) is 0. The molecule has 0 aliphatic heterocycles. The number of hydrogen-bond donors (Lipinski definition) is 1. The monoisotopic (exact) mass is 159 g/mol. The van der Waals surface area contributed by atoms with Crippen molar-refractivity contribution in [3.63, 3.8) is 0 Å². The van der Waals surface area contributed by atoms with Gasteiger partial charge < -0.3 is 10.1 Å². The third kappa shape index (κ3) is 3.73. The van der Waals surface area contributed by atoms with Gasteiger partial charge in [0.1, 0.15) is 0 Å². The summed E-state index contributed by atoms with van der Waals surface area (Å²) in [6.45, 7) is 4.96. The van der Waals surface area contributed by atoms with E-state index < -0.39 is 0 Å². The van der Waals surface area contributed by atoms with Crippen molar-refractivity contribution in [3.05, 3.63) is 0 Å². The molecule has 11 heavy (non-hydrogen) atoms. The molecule has 0 amide bonds. The van der Waals surface area contributed by atoms with Crippen LogP contribution in [0, 0.1) is 0 Å². The van der Waals surface area contributed by atoms with Crippen molar-refractivity contribution in [2.24, 2.45) is 0 Å². The molecule has 0 aromatic rings. The lowest BCUT2D eigenvalue weighted by atomic mass is 9.93. The van der Waals surface area contributed by atoms with Crippen LogP contribution in [-0.4, -0.2) is 25.8 Å². The van der Waals surface area contributed by atoms with Crippen LogP contribution in [0.5, 0.6) is 0 Å². The smallest absolute Gasteiger partial charge is 0.0590 e. The fraction of sp³-hybridized carbons (Fsp3) is 1.00. The summed E-state index contributed by atoms with van der Waals surface area (Å²) in [5, 5.41) is 3.45. The molecule has 0 saturated heterocycles. The maximum absolute atomic E-state index is 5.34. The molecule has 0 unspecified atom stereocenters. The summed E-state index contributed by atoms with van der Waals surface area (Å²) in [5.74, 6) is 0. The molecule has 0 heterocycles. The van der Waals surface area contributed by atoms with Gasteiger partial charge >= 0.3 is 0 Å². The average molecular weight is 159 g/mol. The van der Waals surface area contributed by atoms with Crippen LogP contribution in [0.1, 0.15) is 34.0 Å². The van der Waals surface area contributed by atoms with E-state index in [0.717, 1.165) is 32.2 Å². The molecule has 0 aromatic heterocycles. The molecule has 1 saturated carbocycles. The van der Waals surface area contributed by atoms with Gasteiger partial charge in [-0.1, -0.05) is 13.3 Å². The zero-order chi connectivity index (χ0) is 7.94. The molecule has 0 radical (unpaired) electrons. The highest BCUT2D eigenvalue weighted by molar-refractivity contribution is 4.75. The van der Waals surface area contributed by atoms with Crippen molar-refractivity contribution >= 4 is 0 Å². The third-order valence-electron chi connectivity index (χ3n) is 2.13. The number of hydrogen-bond acceptors (Lipinski definition) is 2. The van der Waals surface area contributed by atoms with Crippen molar-refractivity contribution in [1.82, 2.24) is 5.32 Å². The van der Waals surface area contributed by atoms with Gasteiger partial charge in [-0.15, -0.1) is 0 Å². The van der Waals surface area contributed by atoms with Crippen LogP contribution in [0.4, 0.5) is 0 Å². The summed E-state index contributed by atoms with van der Waals surface area (Å²) in [7, 11) is 0. The lowest BCUT2D eigenvalue weighted by Crippen LogP contribution is -2.37. The Morgan fingerprint density at radius 1 is 1.45 bits per heavy atom. The first-order valence-electron chi connectivity index (χ1n) is 4.74. The lowest BCUT2D eigenvalue weighted by molar-refractivity contribution is 0.131. The van der Waals surface area contributed by atoms with Gasteiger partial charge in [0.25, 0.3) is 0 Å². The molecule has 2 heteroatoms. The van der Waals surface area contributed by atoms with Crippen molar-refractivity contribution in [2.75, 3.05) is 19.8 Å². The van der Waals surface area contributed by atoms with Crippen LogP contribution in [0.25, 0.3) is 0 Å². The largest absolute Gasteiger partial charge is 0.380 e. The maximum atomic E-state index is 5.34. The van der Waals surface area contributed by atoms with Gasteiger partial charge in [-0.3, -0.25) is 0 Å². The summed E-state index contributed by atoms with van der Waals surface area (Å²) in [6, 6.07) is 0.806. The van der Waals surface area contributed by atoms with Crippen LogP contribution in [0.15, 0.2) is 0 Å². The summed E-state index contributed by atoms with van der Waals surface area (Å²) < 4.78 is 5.34. The normalized spacial score (nSPS) is 18.3. The first-order chi connectivity index (χ1) is 5.43. The second-order valence-corrected chi connectivity index (χ2v) is 3.19. The fourth-order valence-corrected chi connectivity index (χ4v) is 1.19. The Balaban J connectivity index is 0.00000121. The SMILES string of the molecule is CCCOCCNC1CCC1.[HH]. The van der Waals surface area contributed by atoms with Gasteiger partial charge in [0.05, 0.1) is 6.61 Å². The summed E-state index contributed by atoms with van der Waals surface area (Å²) in [5.41, 5.74) is 0. The van der Waals surface area contributed by atoms with E-state index in [9.17, 15) is 0 Å². The predicted octanol–water partition coefficient (Wildman–Crippen LogP) is 1.80. The standard InChI is InChI=1S/C9H19NO.H2/c1-2-7-11-8-6-10-9-4-3-5-9;/h9-10H,2-8H2,1H3;1H. The lowest BCUT2D eigenvalue weighted by Gasteiger charge is -2.26. The van der Waals surface area contributed by atoms with E-state index in [1.165, 1.54) is 19.3 Å². The molecule has 68 valence electrons. The molecule has 0 aromatic carbocycles. The van der Waals surface area contributed by atoms with Gasteiger partial charge in [-0.05, 0) is 19.3 Å². The van der Waals surface area contributed by atoms with Gasteiger partial charge in [0.2, 0.25) is 0 Å². The van der Waals surface area contributed by atoms with Gasteiger partial charge in [0.15, 0.2) is 0 Å². The molecule has 2 nitrogen and oxygen atoms in total. The van der Waals surface area contributed by atoms with Gasteiger partial charge in [-0.2, -0.15) is 0 Å². The Kier molecular flexibility index (Phi) is 4.55. The Morgan fingerprint density at radius 3 is 2.82 bits per heavy atom. The number of nitrogens with one attached hydrogen (secondary N) is 1. The van der Waals surface area contributed by atoms with E-state index in [-0.39, 0.29) is 1.43 Å². The van der Waals surface area contributed by atoms with E-state index in [1.807, 2.05) is 0 Å². The molecule has 1 rings (SSSR count). The maximum Gasteiger partial charge on any atom is 0.0590 e. The van der Waals surface area contributed by atoms with Gasteiger partial charge in [-0.25, -0.2) is 0 Å². The quantitative estimate of drug-likeness (QED) is 0.597. The summed E-state index contributed by atoms with van der Waals surface area (Å²) in [6.07, 6.45) is 5.28. The number of rotatable bonds is 6. The molecule has 0 bridgehead atoms. The molecule has 0 spiro atoms. The Bertz CT molecular complexity index is 96.5. The Morgan fingerprint density at radius 2 is 2.27 bits per heavy atom. The van der Waals surface area contributed by atoms with Crippen molar-refractivity contribution < 1.29 is 6.16 Å². The minimum absolute atomic E-state index is 0. The fourth-order valence-electron chi connectivity index (χ4n) is 1.19. The zero-order valence-corrected chi connectivity index (χ0v) is 7.44. The molecule has 1 aliphatic rings. The minimum Gasteiger partial charge on any atom is -0.380 e. The molecule has 1 fully saturated rings. The van der Waals surface area contributed by atoms with E-state index >= 15 is 0 Å². The molecule has 0 atom stereocenters. The van der Waals surface area contributed by atoms with Gasteiger partial charge in [0, 0.05) is 20.6 Å². The Labute approximate surface area is 70.8 Å². The highest BCUT2D eigenvalue weighted by Crippen LogP contribution is 2.17. The highest BCUT2D eigenvalue weighted by Gasteiger charge is 2.15. The molecule has 1 N–H and O–H groups in total. The first-order valence-corrected chi connectivity index (χ1v) is 4.74. The third-order valence-corrected chi connectivity index (χ3v) is 2.13. The van der Waals surface area contributed by atoms with E-state index in [1.54, 1.807) is 0 Å². The zero-order valence-electron chi connectivity index (χ0n) is 7.44. The molecular formula is C9H21NO. The van der Waals surface area contributed by atoms with Crippen molar-refractivity contribution in [2.45, 2.75) is 38.6 Å². The second-order valence-electron chi connectivity index (χ2n) is 3.19. The van der Waals surface area contributed by atoms with Crippen LogP contribution in [0.2, 0.25) is 0 Å². The van der Waals surface area contributed by atoms with E-state index in [2.05, 4.69) is 12.2 Å². The molecular weight excluding hydrogens is 138 g/mol. The summed E-state index contributed by atoms with van der Waals surface area (Å²) >= 11 is 0. The topological polar surface area (TPSA) is 21.3 Å². The van der Waals surface area contributed by atoms with Crippen LogP contribution < -0.4 is 5.32 Å².